The molecule has 0 saturated carbocycles. The number of aliphatic hydroxyl groups is 1. The number of hydrogen-bond acceptors (Lipinski definition) is 5. The van der Waals surface area contributed by atoms with Crippen LogP contribution >= 0.6 is 11.6 Å². The summed E-state index contributed by atoms with van der Waals surface area (Å²) in [7, 11) is -3.66. The van der Waals surface area contributed by atoms with Gasteiger partial charge in [-0.1, -0.05) is 23.7 Å². The Hall–Kier alpha value is -2.13. The van der Waals surface area contributed by atoms with Crippen molar-refractivity contribution in [1.29, 1.82) is 0 Å². The van der Waals surface area contributed by atoms with Gasteiger partial charge in [0.15, 0.2) is 5.82 Å². The lowest BCUT2D eigenvalue weighted by atomic mass is 9.99. The highest BCUT2D eigenvalue weighted by molar-refractivity contribution is 7.89. The normalized spacial score (nSPS) is 18.2. The van der Waals surface area contributed by atoms with E-state index in [0.717, 1.165) is 28.6 Å². The van der Waals surface area contributed by atoms with Gasteiger partial charge in [-0.25, -0.2) is 8.42 Å². The van der Waals surface area contributed by atoms with E-state index < -0.39 is 10.0 Å². The Balaban J connectivity index is 1.77. The molecule has 1 aliphatic rings. The van der Waals surface area contributed by atoms with E-state index in [-0.39, 0.29) is 17.5 Å². The van der Waals surface area contributed by atoms with E-state index in [2.05, 4.69) is 10.2 Å². The fourth-order valence-corrected chi connectivity index (χ4v) is 5.98. The SMILES string of the molecule is Cc1cc(S(=O)(=O)N2CCCC2CO)ccc1-c1ccc2[nH]nc(N)c2c1Cl. The predicted molar refractivity (Wildman–Crippen MR) is 110 cm³/mol. The van der Waals surface area contributed by atoms with Gasteiger partial charge in [0.05, 0.1) is 27.4 Å². The van der Waals surface area contributed by atoms with Gasteiger partial charge in [0.1, 0.15) is 0 Å². The fraction of sp³-hybridized carbons (Fsp3) is 0.316. The first-order chi connectivity index (χ1) is 13.3. The van der Waals surface area contributed by atoms with Crippen molar-refractivity contribution >= 4 is 38.3 Å². The van der Waals surface area contributed by atoms with Crippen LogP contribution in [0.4, 0.5) is 5.82 Å². The zero-order valence-electron chi connectivity index (χ0n) is 15.3. The van der Waals surface area contributed by atoms with Crippen molar-refractivity contribution in [2.24, 2.45) is 0 Å². The molecule has 1 fully saturated rings. The first-order valence-corrected chi connectivity index (χ1v) is 10.8. The lowest BCUT2D eigenvalue weighted by Crippen LogP contribution is -2.37. The van der Waals surface area contributed by atoms with Gasteiger partial charge in [-0.15, -0.1) is 0 Å². The van der Waals surface area contributed by atoms with Crippen molar-refractivity contribution in [3.8, 4) is 11.1 Å². The number of nitrogens with two attached hydrogens (primary N) is 1. The molecule has 1 aromatic heterocycles. The molecule has 1 unspecified atom stereocenters. The summed E-state index contributed by atoms with van der Waals surface area (Å²) < 4.78 is 27.4. The van der Waals surface area contributed by atoms with Crippen LogP contribution in [0.15, 0.2) is 35.2 Å². The molecular weight excluding hydrogens is 400 g/mol. The summed E-state index contributed by atoms with van der Waals surface area (Å²) in [6, 6.07) is 8.35. The average molecular weight is 421 g/mol. The van der Waals surface area contributed by atoms with Crippen LogP contribution in [0.5, 0.6) is 0 Å². The zero-order chi connectivity index (χ0) is 20.1. The van der Waals surface area contributed by atoms with E-state index in [1.165, 1.54) is 4.31 Å². The van der Waals surface area contributed by atoms with Crippen molar-refractivity contribution in [2.75, 3.05) is 18.9 Å². The van der Waals surface area contributed by atoms with Crippen molar-refractivity contribution in [2.45, 2.75) is 30.7 Å². The van der Waals surface area contributed by atoms with Crippen LogP contribution in [-0.4, -0.2) is 47.2 Å². The Kier molecular flexibility index (Phi) is 4.83. The number of benzene rings is 2. The Labute approximate surface area is 168 Å². The number of nitrogens with zero attached hydrogens (tertiary/aromatic N) is 2. The molecule has 148 valence electrons. The molecule has 28 heavy (non-hydrogen) atoms. The molecule has 0 amide bonds. The first-order valence-electron chi connectivity index (χ1n) is 9.00. The number of nitrogen functional groups attached to an aromatic ring is 1. The van der Waals surface area contributed by atoms with Crippen LogP contribution in [0.25, 0.3) is 22.0 Å². The molecule has 3 aromatic rings. The van der Waals surface area contributed by atoms with E-state index in [4.69, 9.17) is 17.3 Å². The second-order valence-electron chi connectivity index (χ2n) is 7.03. The number of H-pyrrole nitrogens is 1. The molecule has 4 rings (SSSR count). The van der Waals surface area contributed by atoms with E-state index in [1.807, 2.05) is 19.1 Å². The third kappa shape index (κ3) is 2.97. The minimum absolute atomic E-state index is 0.169. The number of aliphatic hydroxyl groups excluding tert-OH is 1. The van der Waals surface area contributed by atoms with Gasteiger partial charge in [0.2, 0.25) is 10.0 Å². The zero-order valence-corrected chi connectivity index (χ0v) is 16.9. The quantitative estimate of drug-likeness (QED) is 0.600. The number of anilines is 1. The number of nitrogens with one attached hydrogen (secondary N) is 1. The third-order valence-electron chi connectivity index (χ3n) is 5.32. The van der Waals surface area contributed by atoms with E-state index in [1.54, 1.807) is 18.2 Å². The van der Waals surface area contributed by atoms with Gasteiger partial charge >= 0.3 is 0 Å². The molecule has 1 atom stereocenters. The van der Waals surface area contributed by atoms with Crippen molar-refractivity contribution in [3.63, 3.8) is 0 Å². The lowest BCUT2D eigenvalue weighted by molar-refractivity contribution is 0.213. The van der Waals surface area contributed by atoms with E-state index in [0.29, 0.717) is 29.2 Å². The van der Waals surface area contributed by atoms with Crippen molar-refractivity contribution in [3.05, 3.63) is 40.9 Å². The number of aryl methyl sites for hydroxylation is 1. The number of rotatable bonds is 4. The van der Waals surface area contributed by atoms with Crippen molar-refractivity contribution in [1.82, 2.24) is 14.5 Å². The first kappa shape index (κ1) is 19.2. The summed E-state index contributed by atoms with van der Waals surface area (Å²) in [4.78, 5) is 0.217. The van der Waals surface area contributed by atoms with Gasteiger partial charge < -0.3 is 10.8 Å². The Morgan fingerprint density at radius 1 is 1.32 bits per heavy atom. The van der Waals surface area contributed by atoms with Gasteiger partial charge in [0.25, 0.3) is 0 Å². The molecule has 0 aliphatic carbocycles. The molecule has 7 nitrogen and oxygen atoms in total. The fourth-order valence-electron chi connectivity index (χ4n) is 3.85. The van der Waals surface area contributed by atoms with Crippen LogP contribution in [0.1, 0.15) is 18.4 Å². The Morgan fingerprint density at radius 3 is 2.79 bits per heavy atom. The Bertz CT molecular complexity index is 1160. The van der Waals surface area contributed by atoms with Crippen molar-refractivity contribution < 1.29 is 13.5 Å². The maximum atomic E-state index is 13.0. The molecule has 0 bridgehead atoms. The molecule has 9 heteroatoms. The number of aromatic amines is 1. The smallest absolute Gasteiger partial charge is 0.243 e. The predicted octanol–water partition coefficient (Wildman–Crippen LogP) is 2.92. The molecule has 2 heterocycles. The summed E-state index contributed by atoms with van der Waals surface area (Å²) >= 11 is 6.57. The lowest BCUT2D eigenvalue weighted by Gasteiger charge is -2.23. The van der Waals surface area contributed by atoms with Gasteiger partial charge in [-0.05, 0) is 49.1 Å². The van der Waals surface area contributed by atoms with Crippen LogP contribution in [-0.2, 0) is 10.0 Å². The highest BCUT2D eigenvalue weighted by atomic mass is 35.5. The summed E-state index contributed by atoms with van der Waals surface area (Å²) in [5, 5.41) is 17.4. The second-order valence-corrected chi connectivity index (χ2v) is 9.30. The number of halogens is 1. The number of fused-ring (bicyclic) bond motifs is 1. The van der Waals surface area contributed by atoms with Gasteiger partial charge in [-0.3, -0.25) is 5.10 Å². The summed E-state index contributed by atoms with van der Waals surface area (Å²) in [5.74, 6) is 0.322. The monoisotopic (exact) mass is 420 g/mol. The van der Waals surface area contributed by atoms with Gasteiger partial charge in [0, 0.05) is 18.2 Å². The molecular formula is C19H21ClN4O3S. The van der Waals surface area contributed by atoms with Gasteiger partial charge in [-0.2, -0.15) is 9.40 Å². The van der Waals surface area contributed by atoms with E-state index >= 15 is 0 Å². The highest BCUT2D eigenvalue weighted by Gasteiger charge is 2.35. The maximum Gasteiger partial charge on any atom is 0.243 e. The topological polar surface area (TPSA) is 112 Å². The largest absolute Gasteiger partial charge is 0.395 e. The number of sulfonamides is 1. The minimum Gasteiger partial charge on any atom is -0.395 e. The molecule has 2 aromatic carbocycles. The molecule has 0 spiro atoms. The van der Waals surface area contributed by atoms with Crippen LogP contribution in [0.2, 0.25) is 5.02 Å². The average Bonchev–Trinajstić information content (AvgIpc) is 3.30. The van der Waals surface area contributed by atoms with Crippen LogP contribution in [0.3, 0.4) is 0 Å². The number of hydrogen-bond donors (Lipinski definition) is 3. The number of aromatic nitrogens is 2. The second kappa shape index (κ2) is 7.04. The highest BCUT2D eigenvalue weighted by Crippen LogP contribution is 2.38. The summed E-state index contributed by atoms with van der Waals surface area (Å²) in [6.07, 6.45) is 1.43. The van der Waals surface area contributed by atoms with Crippen LogP contribution in [0, 0.1) is 6.92 Å². The molecule has 0 radical (unpaired) electrons. The third-order valence-corrected chi connectivity index (χ3v) is 7.66. The van der Waals surface area contributed by atoms with Crippen LogP contribution < -0.4 is 5.73 Å². The summed E-state index contributed by atoms with van der Waals surface area (Å²) in [6.45, 7) is 2.11. The molecule has 4 N–H and O–H groups in total. The summed E-state index contributed by atoms with van der Waals surface area (Å²) in [5.41, 5.74) is 9.02. The van der Waals surface area contributed by atoms with E-state index in [9.17, 15) is 13.5 Å². The maximum absolute atomic E-state index is 13.0. The minimum atomic E-state index is -3.66. The molecule has 1 aliphatic heterocycles. The standard InChI is InChI=1S/C19H21ClN4O3S/c1-11-9-13(28(26,27)24-8-2-3-12(24)10-25)4-5-14(11)15-6-7-16-17(18(15)20)19(21)23-22-16/h4-7,9,12,25H,2-3,8,10H2,1H3,(H3,21,22,23). The molecule has 1 saturated heterocycles. The Morgan fingerprint density at radius 2 is 2.07 bits per heavy atom.